The first-order valence-electron chi connectivity index (χ1n) is 10.2. The maximum Gasteiger partial charge on any atom is 0.254 e. The molecule has 0 atom stereocenters. The van der Waals surface area contributed by atoms with Crippen molar-refractivity contribution in [1.29, 1.82) is 0 Å². The predicted octanol–water partition coefficient (Wildman–Crippen LogP) is 4.17. The van der Waals surface area contributed by atoms with Gasteiger partial charge in [-0.05, 0) is 53.7 Å². The molecule has 0 spiro atoms. The Kier molecular flexibility index (Phi) is 5.25. The molecule has 1 aromatic carbocycles. The molecule has 3 aromatic rings. The quantitative estimate of drug-likeness (QED) is 0.560. The van der Waals surface area contributed by atoms with Gasteiger partial charge in [0.2, 0.25) is 5.95 Å². The highest BCUT2D eigenvalue weighted by Crippen LogP contribution is 2.34. The van der Waals surface area contributed by atoms with Crippen LogP contribution < -0.4 is 4.90 Å². The summed E-state index contributed by atoms with van der Waals surface area (Å²) in [6.07, 6.45) is 10.7. The fourth-order valence-corrected chi connectivity index (χ4v) is 4.28. The summed E-state index contributed by atoms with van der Waals surface area (Å²) in [5.74, 6) is 1.58. The molecule has 1 saturated carbocycles. The van der Waals surface area contributed by atoms with Crippen LogP contribution >= 0.6 is 15.9 Å². The van der Waals surface area contributed by atoms with Gasteiger partial charge >= 0.3 is 0 Å². The maximum absolute atomic E-state index is 13.4. The minimum Gasteiger partial charge on any atom is -0.444 e. The van der Waals surface area contributed by atoms with Crippen LogP contribution in [-0.2, 0) is 0 Å². The van der Waals surface area contributed by atoms with Gasteiger partial charge in [0.05, 0.1) is 10.7 Å². The zero-order valence-electron chi connectivity index (χ0n) is 16.4. The Hall–Kier alpha value is -2.74. The summed E-state index contributed by atoms with van der Waals surface area (Å²) in [6.45, 7) is 1.71. The molecule has 2 fully saturated rings. The van der Waals surface area contributed by atoms with Crippen molar-refractivity contribution >= 4 is 27.8 Å². The van der Waals surface area contributed by atoms with Gasteiger partial charge in [-0.2, -0.15) is 0 Å². The summed E-state index contributed by atoms with van der Waals surface area (Å²) in [5.41, 5.74) is 1.65. The van der Waals surface area contributed by atoms with Gasteiger partial charge in [-0.3, -0.25) is 4.79 Å². The second-order valence-electron chi connectivity index (χ2n) is 7.81. The molecule has 1 aliphatic carbocycles. The molecule has 0 N–H and O–H groups in total. The highest BCUT2D eigenvalue weighted by Gasteiger charge is 2.39. The van der Waals surface area contributed by atoms with Gasteiger partial charge in [-0.15, -0.1) is 0 Å². The monoisotopic (exact) mass is 467 g/mol. The molecule has 7 nitrogen and oxygen atoms in total. The maximum atomic E-state index is 13.4. The summed E-state index contributed by atoms with van der Waals surface area (Å²) in [7, 11) is 0. The lowest BCUT2D eigenvalue weighted by Gasteiger charge is -2.39. The van der Waals surface area contributed by atoms with Crippen LogP contribution in [0.4, 0.5) is 5.95 Å². The number of aromatic nitrogens is 3. The third kappa shape index (κ3) is 3.96. The average molecular weight is 468 g/mol. The van der Waals surface area contributed by atoms with Crippen molar-refractivity contribution in [2.24, 2.45) is 0 Å². The number of amides is 1. The predicted molar refractivity (Wildman–Crippen MR) is 116 cm³/mol. The van der Waals surface area contributed by atoms with Crippen molar-refractivity contribution in [3.8, 4) is 11.3 Å². The highest BCUT2D eigenvalue weighted by atomic mass is 79.9. The first-order chi connectivity index (χ1) is 14.7. The number of oxazole rings is 1. The number of carbonyl (C=O) groups is 1. The molecule has 154 valence electrons. The number of piperidine rings is 1. The number of hydrogen-bond acceptors (Lipinski definition) is 6. The van der Waals surface area contributed by atoms with E-state index in [0.717, 1.165) is 60.3 Å². The third-order valence-corrected chi connectivity index (χ3v) is 6.18. The molecule has 30 heavy (non-hydrogen) atoms. The van der Waals surface area contributed by atoms with Gasteiger partial charge in [0, 0.05) is 48.7 Å². The number of carbonyl (C=O) groups excluding carboxylic acids is 1. The van der Waals surface area contributed by atoms with Crippen LogP contribution in [0.1, 0.15) is 36.0 Å². The Labute approximate surface area is 183 Å². The summed E-state index contributed by atoms with van der Waals surface area (Å²) in [6, 6.07) is 8.25. The minimum atomic E-state index is 0.125. The molecule has 1 amide bonds. The minimum absolute atomic E-state index is 0.125. The van der Waals surface area contributed by atoms with Crippen molar-refractivity contribution in [2.45, 2.75) is 37.8 Å². The highest BCUT2D eigenvalue weighted by molar-refractivity contribution is 9.10. The molecule has 0 bridgehead atoms. The van der Waals surface area contributed by atoms with Crippen LogP contribution in [0.15, 0.2) is 58.1 Å². The second kappa shape index (κ2) is 8.18. The second-order valence-corrected chi connectivity index (χ2v) is 8.72. The van der Waals surface area contributed by atoms with Crippen molar-refractivity contribution in [2.75, 3.05) is 18.0 Å². The number of nitrogens with zero attached hydrogens (tertiary/aromatic N) is 5. The Morgan fingerprint density at radius 1 is 1.00 bits per heavy atom. The van der Waals surface area contributed by atoms with Crippen LogP contribution in [0.2, 0.25) is 0 Å². The molecule has 1 aliphatic heterocycles. The van der Waals surface area contributed by atoms with E-state index >= 15 is 0 Å². The zero-order chi connectivity index (χ0) is 20.5. The average Bonchev–Trinajstić information content (AvgIpc) is 3.46. The molecule has 2 aliphatic rings. The van der Waals surface area contributed by atoms with E-state index in [4.69, 9.17) is 4.42 Å². The van der Waals surface area contributed by atoms with Gasteiger partial charge in [0.25, 0.3) is 5.91 Å². The number of halogens is 1. The molecule has 0 radical (unpaired) electrons. The zero-order valence-corrected chi connectivity index (χ0v) is 18.0. The fraction of sp³-hybridized carbons (Fsp3) is 0.364. The largest absolute Gasteiger partial charge is 0.444 e. The Morgan fingerprint density at radius 3 is 2.27 bits per heavy atom. The van der Waals surface area contributed by atoms with E-state index in [9.17, 15) is 4.79 Å². The van der Waals surface area contributed by atoms with Gasteiger partial charge < -0.3 is 14.2 Å². The van der Waals surface area contributed by atoms with Crippen molar-refractivity contribution in [3.63, 3.8) is 0 Å². The van der Waals surface area contributed by atoms with E-state index in [1.807, 2.05) is 24.3 Å². The molecule has 0 unspecified atom stereocenters. The lowest BCUT2D eigenvalue weighted by atomic mass is 10.0. The summed E-state index contributed by atoms with van der Waals surface area (Å²) in [4.78, 5) is 30.5. The Bertz CT molecular complexity index is 995. The number of anilines is 1. The summed E-state index contributed by atoms with van der Waals surface area (Å²) >= 11 is 3.38. The van der Waals surface area contributed by atoms with E-state index in [1.165, 1.54) is 6.39 Å². The SMILES string of the molecule is O=C(c1ccc(-c2cnco2)cc1)N(C1CC1)C1CCN(c2ncc(Br)cn2)CC1. The molecule has 3 heterocycles. The summed E-state index contributed by atoms with van der Waals surface area (Å²) in [5, 5.41) is 0. The lowest BCUT2D eigenvalue weighted by molar-refractivity contribution is 0.0630. The van der Waals surface area contributed by atoms with Crippen molar-refractivity contribution in [1.82, 2.24) is 19.9 Å². The molecule has 8 heteroatoms. The first kappa shape index (κ1) is 19.2. The van der Waals surface area contributed by atoms with Gasteiger partial charge in [-0.25, -0.2) is 15.0 Å². The molecular weight excluding hydrogens is 446 g/mol. The fourth-order valence-electron chi connectivity index (χ4n) is 4.08. The van der Waals surface area contributed by atoms with Crippen LogP contribution in [0.25, 0.3) is 11.3 Å². The standard InChI is InChI=1S/C22H22BrN5O2/c23-17-11-25-22(26-12-17)27-9-7-19(8-10-27)28(18-5-6-18)21(29)16-3-1-15(2-4-16)20-13-24-14-30-20/h1-4,11-14,18-19H,5-10H2. The van der Waals surface area contributed by atoms with Crippen LogP contribution in [0, 0.1) is 0 Å². The lowest BCUT2D eigenvalue weighted by Crippen LogP contribution is -2.48. The van der Waals surface area contributed by atoms with Crippen molar-refractivity contribution in [3.05, 3.63) is 59.3 Å². The number of hydrogen-bond donors (Lipinski definition) is 0. The summed E-state index contributed by atoms with van der Waals surface area (Å²) < 4.78 is 6.22. The van der Waals surface area contributed by atoms with Gasteiger partial charge in [-0.1, -0.05) is 12.1 Å². The Morgan fingerprint density at radius 2 is 1.67 bits per heavy atom. The van der Waals surface area contributed by atoms with E-state index in [0.29, 0.717) is 11.8 Å². The van der Waals surface area contributed by atoms with Gasteiger partial charge in [0.15, 0.2) is 12.2 Å². The van der Waals surface area contributed by atoms with Crippen LogP contribution in [0.5, 0.6) is 0 Å². The van der Waals surface area contributed by atoms with E-state index < -0.39 is 0 Å². The first-order valence-corrected chi connectivity index (χ1v) is 11.0. The molecule has 5 rings (SSSR count). The topological polar surface area (TPSA) is 75.4 Å². The van der Waals surface area contributed by atoms with E-state index in [-0.39, 0.29) is 11.9 Å². The van der Waals surface area contributed by atoms with Crippen LogP contribution in [-0.4, -0.2) is 50.9 Å². The number of benzene rings is 1. The smallest absolute Gasteiger partial charge is 0.254 e. The number of rotatable bonds is 5. The Balaban J connectivity index is 1.28. The van der Waals surface area contributed by atoms with Crippen LogP contribution in [0.3, 0.4) is 0 Å². The van der Waals surface area contributed by atoms with E-state index in [1.54, 1.807) is 18.6 Å². The molecule has 2 aromatic heterocycles. The van der Waals surface area contributed by atoms with Gasteiger partial charge in [0.1, 0.15) is 0 Å². The normalized spacial score (nSPS) is 17.2. The third-order valence-electron chi connectivity index (χ3n) is 5.77. The molecule has 1 saturated heterocycles. The van der Waals surface area contributed by atoms with E-state index in [2.05, 4.69) is 40.7 Å². The van der Waals surface area contributed by atoms with Crippen molar-refractivity contribution < 1.29 is 9.21 Å². The molecular formula is C22H22BrN5O2.